The maximum Gasteiger partial charge on any atom is 0.260 e. The second kappa shape index (κ2) is 8.34. The minimum absolute atomic E-state index is 0.0473. The van der Waals surface area contributed by atoms with E-state index in [-0.39, 0.29) is 21.4 Å². The van der Waals surface area contributed by atoms with Gasteiger partial charge in [-0.15, -0.1) is 11.3 Å². The van der Waals surface area contributed by atoms with Crippen LogP contribution in [0.4, 0.5) is 5.69 Å². The molecule has 0 saturated carbocycles. The van der Waals surface area contributed by atoms with E-state index in [2.05, 4.69) is 0 Å². The topological polar surface area (TPSA) is 63.7 Å². The fraction of sp³-hybridized carbons (Fsp3) is 0.150. The first kappa shape index (κ1) is 20.4. The summed E-state index contributed by atoms with van der Waals surface area (Å²) in [7, 11) is -1.90. The number of halogens is 1. The molecule has 28 heavy (non-hydrogen) atoms. The summed E-state index contributed by atoms with van der Waals surface area (Å²) < 4.78 is 29.0. The summed E-state index contributed by atoms with van der Waals surface area (Å²) in [5.41, 5.74) is 0.789. The molecule has 0 atom stereocenters. The van der Waals surface area contributed by atoms with Gasteiger partial charge in [0.15, 0.2) is 9.84 Å². The Morgan fingerprint density at radius 3 is 2.43 bits per heavy atom. The van der Waals surface area contributed by atoms with E-state index < -0.39 is 9.84 Å². The maximum atomic E-state index is 13.3. The van der Waals surface area contributed by atoms with Crippen LogP contribution < -0.4 is 9.64 Å². The van der Waals surface area contributed by atoms with Gasteiger partial charge in [-0.1, -0.05) is 17.7 Å². The number of nitrogens with zero attached hydrogens (tertiary/aromatic N) is 1. The van der Waals surface area contributed by atoms with Crippen molar-refractivity contribution in [2.24, 2.45) is 0 Å². The molecule has 0 saturated heterocycles. The van der Waals surface area contributed by atoms with E-state index in [4.69, 9.17) is 16.3 Å². The molecular weight excluding hydrogens is 418 g/mol. The third-order valence-electron chi connectivity index (χ3n) is 4.12. The molecule has 1 amide bonds. The summed E-state index contributed by atoms with van der Waals surface area (Å²) in [6.07, 6.45) is 1.09. The van der Waals surface area contributed by atoms with Crippen molar-refractivity contribution in [3.8, 4) is 5.75 Å². The Morgan fingerprint density at radius 2 is 1.86 bits per heavy atom. The number of carbonyl (C=O) groups is 1. The van der Waals surface area contributed by atoms with Crippen LogP contribution in [-0.4, -0.2) is 27.7 Å². The van der Waals surface area contributed by atoms with Crippen LogP contribution in [0.2, 0.25) is 5.02 Å². The molecule has 2 aromatic carbocycles. The maximum absolute atomic E-state index is 13.3. The van der Waals surface area contributed by atoms with Gasteiger partial charge in [-0.2, -0.15) is 0 Å². The first-order valence-corrected chi connectivity index (χ1v) is 11.4. The zero-order valence-electron chi connectivity index (χ0n) is 15.3. The zero-order chi connectivity index (χ0) is 20.3. The number of thiophene rings is 1. The quantitative estimate of drug-likeness (QED) is 0.564. The minimum Gasteiger partial charge on any atom is -0.497 e. The monoisotopic (exact) mass is 435 g/mol. The molecule has 0 aliphatic rings. The van der Waals surface area contributed by atoms with Gasteiger partial charge in [0.2, 0.25) is 0 Å². The van der Waals surface area contributed by atoms with Gasteiger partial charge in [0, 0.05) is 16.8 Å². The minimum atomic E-state index is -3.47. The number of hydrogen-bond acceptors (Lipinski definition) is 5. The van der Waals surface area contributed by atoms with Crippen molar-refractivity contribution in [3.63, 3.8) is 0 Å². The third-order valence-corrected chi connectivity index (χ3v) is 6.42. The molecule has 0 unspecified atom stereocenters. The van der Waals surface area contributed by atoms with Gasteiger partial charge in [-0.05, 0) is 53.9 Å². The van der Waals surface area contributed by atoms with Gasteiger partial charge < -0.3 is 9.64 Å². The van der Waals surface area contributed by atoms with Crippen molar-refractivity contribution in [1.82, 2.24) is 0 Å². The average Bonchev–Trinajstić information content (AvgIpc) is 3.18. The summed E-state index contributed by atoms with van der Waals surface area (Å²) in [5, 5.41) is 2.13. The molecule has 3 aromatic rings. The van der Waals surface area contributed by atoms with E-state index in [1.807, 2.05) is 17.5 Å². The van der Waals surface area contributed by atoms with Crippen LogP contribution >= 0.6 is 22.9 Å². The highest BCUT2D eigenvalue weighted by atomic mass is 35.5. The van der Waals surface area contributed by atoms with E-state index in [1.165, 1.54) is 29.5 Å². The largest absolute Gasteiger partial charge is 0.497 e. The van der Waals surface area contributed by atoms with E-state index >= 15 is 0 Å². The highest BCUT2D eigenvalue weighted by Crippen LogP contribution is 2.28. The fourth-order valence-corrected chi connectivity index (χ4v) is 4.18. The van der Waals surface area contributed by atoms with Crippen molar-refractivity contribution < 1.29 is 17.9 Å². The normalized spacial score (nSPS) is 11.2. The molecule has 1 heterocycles. The van der Waals surface area contributed by atoms with Crippen LogP contribution in [0.5, 0.6) is 5.75 Å². The summed E-state index contributed by atoms with van der Waals surface area (Å²) in [5.74, 6) is 0.290. The molecule has 0 aliphatic carbocycles. The number of hydrogen-bond donors (Lipinski definition) is 0. The van der Waals surface area contributed by atoms with Crippen molar-refractivity contribution in [2.45, 2.75) is 11.4 Å². The van der Waals surface area contributed by atoms with Crippen LogP contribution in [-0.2, 0) is 16.4 Å². The predicted octanol–water partition coefficient (Wildman–Crippen LogP) is 4.66. The van der Waals surface area contributed by atoms with Crippen molar-refractivity contribution >= 4 is 44.4 Å². The molecule has 0 aliphatic heterocycles. The standard InChI is InChI=1S/C20H18ClNO4S2/c1-26-15-7-5-14(6-8-15)22(13-16-4-3-11-27-16)20(23)18-12-17(28(2,24)25)9-10-19(18)21/h3-12H,13H2,1-2H3. The summed E-state index contributed by atoms with van der Waals surface area (Å²) in [4.78, 5) is 15.9. The second-order valence-electron chi connectivity index (χ2n) is 6.08. The number of anilines is 1. The van der Waals surface area contributed by atoms with Gasteiger partial charge >= 0.3 is 0 Å². The lowest BCUT2D eigenvalue weighted by molar-refractivity contribution is 0.0985. The van der Waals surface area contributed by atoms with Gasteiger partial charge in [-0.3, -0.25) is 4.79 Å². The molecule has 3 rings (SSSR count). The molecule has 1 aromatic heterocycles. The summed E-state index contributed by atoms with van der Waals surface area (Å²) in [6, 6.07) is 15.1. The summed E-state index contributed by atoms with van der Waals surface area (Å²) >= 11 is 7.77. The Hall–Kier alpha value is -2.35. The molecule has 0 spiro atoms. The first-order chi connectivity index (χ1) is 13.3. The van der Waals surface area contributed by atoms with Gasteiger partial charge in [0.05, 0.1) is 29.1 Å². The Morgan fingerprint density at radius 1 is 1.14 bits per heavy atom. The van der Waals surface area contributed by atoms with E-state index in [0.717, 1.165) is 11.1 Å². The van der Waals surface area contributed by atoms with Crippen LogP contribution in [0.25, 0.3) is 0 Å². The lowest BCUT2D eigenvalue weighted by Crippen LogP contribution is -2.30. The highest BCUT2D eigenvalue weighted by Gasteiger charge is 2.23. The molecular formula is C20H18ClNO4S2. The van der Waals surface area contributed by atoms with Crippen molar-refractivity contribution in [2.75, 3.05) is 18.3 Å². The first-order valence-electron chi connectivity index (χ1n) is 8.27. The molecule has 0 radical (unpaired) electrons. The van der Waals surface area contributed by atoms with Gasteiger partial charge in [0.1, 0.15) is 5.75 Å². The molecule has 146 valence electrons. The lowest BCUT2D eigenvalue weighted by atomic mass is 10.1. The second-order valence-corrected chi connectivity index (χ2v) is 9.54. The predicted molar refractivity (Wildman–Crippen MR) is 112 cm³/mol. The SMILES string of the molecule is COc1ccc(N(Cc2cccs2)C(=O)c2cc(S(C)(=O)=O)ccc2Cl)cc1. The molecule has 0 bridgehead atoms. The van der Waals surface area contributed by atoms with E-state index in [0.29, 0.717) is 18.0 Å². The highest BCUT2D eigenvalue weighted by molar-refractivity contribution is 7.90. The van der Waals surface area contributed by atoms with Gasteiger partial charge in [0.25, 0.3) is 5.91 Å². The Kier molecular flexibility index (Phi) is 6.07. The molecule has 0 fully saturated rings. The fourth-order valence-electron chi connectivity index (χ4n) is 2.65. The number of ether oxygens (including phenoxy) is 1. The smallest absolute Gasteiger partial charge is 0.260 e. The summed E-state index contributed by atoms with van der Waals surface area (Å²) in [6.45, 7) is 0.336. The molecule has 0 N–H and O–H groups in total. The number of amides is 1. The average molecular weight is 436 g/mol. The van der Waals surface area contributed by atoms with Crippen molar-refractivity contribution in [1.29, 1.82) is 0 Å². The van der Waals surface area contributed by atoms with Crippen LogP contribution in [0.15, 0.2) is 64.9 Å². The lowest BCUT2D eigenvalue weighted by Gasteiger charge is -2.23. The number of benzene rings is 2. The van der Waals surface area contributed by atoms with E-state index in [1.54, 1.807) is 36.3 Å². The van der Waals surface area contributed by atoms with Crippen LogP contribution in [0.1, 0.15) is 15.2 Å². The third kappa shape index (κ3) is 4.55. The molecule has 5 nitrogen and oxygen atoms in total. The zero-order valence-corrected chi connectivity index (χ0v) is 17.6. The number of methoxy groups -OCH3 is 1. The Labute approximate surface area is 173 Å². The number of carbonyl (C=O) groups excluding carboxylic acids is 1. The van der Waals surface area contributed by atoms with Crippen molar-refractivity contribution in [3.05, 3.63) is 75.4 Å². The number of rotatable bonds is 6. The number of sulfone groups is 1. The van der Waals surface area contributed by atoms with E-state index in [9.17, 15) is 13.2 Å². The van der Waals surface area contributed by atoms with Gasteiger partial charge in [-0.25, -0.2) is 8.42 Å². The Bertz CT molecular complexity index is 1080. The molecule has 8 heteroatoms. The van der Waals surface area contributed by atoms with Crippen LogP contribution in [0, 0.1) is 0 Å². The van der Waals surface area contributed by atoms with Crippen LogP contribution in [0.3, 0.4) is 0 Å². The Balaban J connectivity index is 2.05.